The van der Waals surface area contributed by atoms with Crippen LogP contribution in [0.2, 0.25) is 0 Å². The molecule has 1 fully saturated rings. The molecule has 1 heterocycles. The van der Waals surface area contributed by atoms with Crippen molar-refractivity contribution in [2.45, 2.75) is 45.1 Å². The van der Waals surface area contributed by atoms with Gasteiger partial charge in [0.2, 0.25) is 5.82 Å². The lowest BCUT2D eigenvalue weighted by Crippen LogP contribution is -2.36. The maximum atomic E-state index is 12.2. The Bertz CT molecular complexity index is 611. The van der Waals surface area contributed by atoms with Crippen LogP contribution >= 0.6 is 0 Å². The highest BCUT2D eigenvalue weighted by Gasteiger charge is 2.19. The predicted molar refractivity (Wildman–Crippen MR) is 80.4 cm³/mol. The van der Waals surface area contributed by atoms with Crippen molar-refractivity contribution in [2.24, 2.45) is 0 Å². The number of aromatic nitrogens is 3. The lowest BCUT2D eigenvalue weighted by Gasteiger charge is -2.21. The molecule has 21 heavy (non-hydrogen) atoms. The van der Waals surface area contributed by atoms with Crippen molar-refractivity contribution < 1.29 is 4.79 Å². The monoisotopic (exact) mass is 284 g/mol. The summed E-state index contributed by atoms with van der Waals surface area (Å²) in [6, 6.07) is 8.23. The molecule has 1 N–H and O–H groups in total. The van der Waals surface area contributed by atoms with Crippen molar-refractivity contribution in [1.82, 2.24) is 20.1 Å². The molecule has 0 bridgehead atoms. The molecule has 0 radical (unpaired) electrons. The van der Waals surface area contributed by atoms with Crippen molar-refractivity contribution in [3.63, 3.8) is 0 Å². The van der Waals surface area contributed by atoms with Gasteiger partial charge in [0.25, 0.3) is 5.91 Å². The number of aryl methyl sites for hydroxylation is 1. The first-order chi connectivity index (χ1) is 10.2. The Hall–Kier alpha value is -2.17. The Balaban J connectivity index is 1.69. The zero-order chi connectivity index (χ0) is 14.7. The third-order valence-corrected chi connectivity index (χ3v) is 3.93. The number of amides is 1. The molecule has 5 nitrogen and oxygen atoms in total. The first-order valence-corrected chi connectivity index (χ1v) is 7.52. The van der Waals surface area contributed by atoms with Crippen LogP contribution in [0.15, 0.2) is 30.6 Å². The van der Waals surface area contributed by atoms with Gasteiger partial charge in [-0.15, -0.1) is 5.10 Å². The molecule has 2 aromatic rings. The first kappa shape index (κ1) is 13.8. The summed E-state index contributed by atoms with van der Waals surface area (Å²) in [6.07, 6.45) is 7.36. The van der Waals surface area contributed by atoms with Gasteiger partial charge in [-0.05, 0) is 31.9 Å². The second-order valence-electron chi connectivity index (χ2n) is 5.66. The topological polar surface area (TPSA) is 59.8 Å². The summed E-state index contributed by atoms with van der Waals surface area (Å²) in [5, 5.41) is 7.30. The average molecular weight is 284 g/mol. The zero-order valence-corrected chi connectivity index (χ0v) is 12.2. The minimum absolute atomic E-state index is 0.173. The van der Waals surface area contributed by atoms with Crippen LogP contribution in [0.1, 0.15) is 48.3 Å². The highest BCUT2D eigenvalue weighted by atomic mass is 16.2. The van der Waals surface area contributed by atoms with Gasteiger partial charge in [0, 0.05) is 6.04 Å². The molecule has 1 aliphatic carbocycles. The lowest BCUT2D eigenvalue weighted by molar-refractivity contribution is 0.0917. The highest BCUT2D eigenvalue weighted by molar-refractivity contribution is 5.90. The summed E-state index contributed by atoms with van der Waals surface area (Å²) in [5.74, 6) is 0.0638. The molecule has 1 aliphatic rings. The summed E-state index contributed by atoms with van der Waals surface area (Å²) >= 11 is 0. The fourth-order valence-electron chi connectivity index (χ4n) is 2.69. The van der Waals surface area contributed by atoms with E-state index in [1.165, 1.54) is 24.8 Å². The van der Waals surface area contributed by atoms with Crippen molar-refractivity contribution in [2.75, 3.05) is 0 Å². The number of nitrogens with one attached hydrogen (secondary N) is 1. The van der Waals surface area contributed by atoms with Crippen LogP contribution in [0.4, 0.5) is 0 Å². The standard InChI is InChI=1S/C16H20N4O/c1-12-7-9-14(10-8-12)20-11-17-15(19-20)16(21)18-13-5-3-2-4-6-13/h7-11,13H,2-6H2,1H3,(H,18,21). The zero-order valence-electron chi connectivity index (χ0n) is 12.2. The third-order valence-electron chi connectivity index (χ3n) is 3.93. The molecule has 1 saturated carbocycles. The summed E-state index contributed by atoms with van der Waals surface area (Å²) in [6.45, 7) is 2.04. The molecule has 1 amide bonds. The number of hydrogen-bond acceptors (Lipinski definition) is 3. The van der Waals surface area contributed by atoms with Gasteiger partial charge in [0.1, 0.15) is 6.33 Å². The second kappa shape index (κ2) is 6.08. The number of hydrogen-bond donors (Lipinski definition) is 1. The molecule has 5 heteroatoms. The Kier molecular flexibility index (Phi) is 3.99. The second-order valence-corrected chi connectivity index (χ2v) is 5.66. The Morgan fingerprint density at radius 2 is 1.90 bits per heavy atom. The number of nitrogens with zero attached hydrogens (tertiary/aromatic N) is 3. The van der Waals surface area contributed by atoms with E-state index in [9.17, 15) is 4.79 Å². The normalized spacial score (nSPS) is 15.9. The molecule has 0 saturated heterocycles. The van der Waals surface area contributed by atoms with E-state index in [-0.39, 0.29) is 17.8 Å². The largest absolute Gasteiger partial charge is 0.347 e. The van der Waals surface area contributed by atoms with Crippen molar-refractivity contribution in [1.29, 1.82) is 0 Å². The van der Waals surface area contributed by atoms with Crippen LogP contribution in [0.5, 0.6) is 0 Å². The van der Waals surface area contributed by atoms with Gasteiger partial charge < -0.3 is 5.32 Å². The fraction of sp³-hybridized carbons (Fsp3) is 0.438. The SMILES string of the molecule is Cc1ccc(-n2cnc(C(=O)NC3CCCCC3)n2)cc1. The van der Waals surface area contributed by atoms with E-state index in [1.54, 1.807) is 11.0 Å². The third kappa shape index (κ3) is 3.29. The van der Waals surface area contributed by atoms with E-state index in [4.69, 9.17) is 0 Å². The summed E-state index contributed by atoms with van der Waals surface area (Å²) < 4.78 is 1.63. The van der Waals surface area contributed by atoms with Crippen molar-refractivity contribution in [3.05, 3.63) is 42.0 Å². The summed E-state index contributed by atoms with van der Waals surface area (Å²) in [7, 11) is 0. The first-order valence-electron chi connectivity index (χ1n) is 7.52. The molecular formula is C16H20N4O. The molecule has 1 aromatic carbocycles. The number of benzene rings is 1. The maximum Gasteiger partial charge on any atom is 0.291 e. The van der Waals surface area contributed by atoms with Crippen LogP contribution < -0.4 is 5.32 Å². The minimum Gasteiger partial charge on any atom is -0.347 e. The Morgan fingerprint density at radius 1 is 1.19 bits per heavy atom. The van der Waals surface area contributed by atoms with Crippen molar-refractivity contribution in [3.8, 4) is 5.69 Å². The highest BCUT2D eigenvalue weighted by Crippen LogP contribution is 2.17. The fourth-order valence-corrected chi connectivity index (χ4v) is 2.69. The van der Waals surface area contributed by atoms with Crippen molar-refractivity contribution >= 4 is 5.91 Å². The van der Waals surface area contributed by atoms with Crippen LogP contribution in [-0.4, -0.2) is 26.7 Å². The molecule has 0 spiro atoms. The van der Waals surface area contributed by atoms with E-state index in [0.717, 1.165) is 18.5 Å². The van der Waals surface area contributed by atoms with Gasteiger partial charge in [-0.3, -0.25) is 4.79 Å². The van der Waals surface area contributed by atoms with Gasteiger partial charge in [0.15, 0.2) is 0 Å². The van der Waals surface area contributed by atoms with Gasteiger partial charge >= 0.3 is 0 Å². The molecule has 1 aromatic heterocycles. The maximum absolute atomic E-state index is 12.2. The Labute approximate surface area is 124 Å². The number of carbonyl (C=O) groups excluding carboxylic acids is 1. The van der Waals surface area contributed by atoms with E-state index >= 15 is 0 Å². The minimum atomic E-state index is -0.173. The smallest absolute Gasteiger partial charge is 0.291 e. The molecule has 0 unspecified atom stereocenters. The lowest BCUT2D eigenvalue weighted by atomic mass is 9.95. The van der Waals surface area contributed by atoms with E-state index in [1.807, 2.05) is 31.2 Å². The molecule has 0 aliphatic heterocycles. The van der Waals surface area contributed by atoms with Gasteiger partial charge in [0.05, 0.1) is 5.69 Å². The van der Waals surface area contributed by atoms with Gasteiger partial charge in [-0.2, -0.15) is 0 Å². The van der Waals surface area contributed by atoms with Gasteiger partial charge in [-0.1, -0.05) is 37.0 Å². The van der Waals surface area contributed by atoms with E-state index in [2.05, 4.69) is 15.4 Å². The average Bonchev–Trinajstić information content (AvgIpc) is 2.99. The molecular weight excluding hydrogens is 264 g/mol. The van der Waals surface area contributed by atoms with E-state index in [0.29, 0.717) is 0 Å². The van der Waals surface area contributed by atoms with Crippen LogP contribution in [0.3, 0.4) is 0 Å². The van der Waals surface area contributed by atoms with Gasteiger partial charge in [-0.25, -0.2) is 9.67 Å². The number of carbonyl (C=O) groups is 1. The predicted octanol–water partition coefficient (Wildman–Crippen LogP) is 2.64. The molecule has 3 rings (SSSR count). The Morgan fingerprint density at radius 3 is 2.62 bits per heavy atom. The van der Waals surface area contributed by atoms with Crippen LogP contribution in [0.25, 0.3) is 5.69 Å². The summed E-state index contributed by atoms with van der Waals surface area (Å²) in [5.41, 5.74) is 2.10. The van der Waals surface area contributed by atoms with E-state index < -0.39 is 0 Å². The van der Waals surface area contributed by atoms with Crippen LogP contribution in [-0.2, 0) is 0 Å². The molecule has 110 valence electrons. The quantitative estimate of drug-likeness (QED) is 0.942. The summed E-state index contributed by atoms with van der Waals surface area (Å²) in [4.78, 5) is 16.3. The van der Waals surface area contributed by atoms with Crippen LogP contribution in [0, 0.1) is 6.92 Å². The number of rotatable bonds is 3. The molecule has 0 atom stereocenters.